The Morgan fingerprint density at radius 1 is 1.08 bits per heavy atom. The molecule has 2 aromatic rings. The van der Waals surface area contributed by atoms with E-state index in [9.17, 15) is 4.79 Å². The zero-order valence-electron chi connectivity index (χ0n) is 13.6. The summed E-state index contributed by atoms with van der Waals surface area (Å²) in [5.74, 6) is 0.184. The molecule has 2 aliphatic heterocycles. The van der Waals surface area contributed by atoms with Crippen molar-refractivity contribution in [2.45, 2.75) is 37.9 Å². The van der Waals surface area contributed by atoms with Crippen molar-refractivity contribution in [2.75, 3.05) is 6.54 Å². The van der Waals surface area contributed by atoms with Gasteiger partial charge in [-0.15, -0.1) is 0 Å². The summed E-state index contributed by atoms with van der Waals surface area (Å²) in [6.07, 6.45) is 2.80. The van der Waals surface area contributed by atoms with Crippen LogP contribution < -0.4 is 5.32 Å². The van der Waals surface area contributed by atoms with Gasteiger partial charge in [-0.05, 0) is 42.1 Å². The molecule has 3 nitrogen and oxygen atoms in total. The Kier molecular flexibility index (Phi) is 4.19. The summed E-state index contributed by atoms with van der Waals surface area (Å²) in [4.78, 5) is 15.4. The van der Waals surface area contributed by atoms with Crippen molar-refractivity contribution in [1.82, 2.24) is 10.2 Å². The lowest BCUT2D eigenvalue weighted by molar-refractivity contribution is -0.132. The van der Waals surface area contributed by atoms with Gasteiger partial charge in [0, 0.05) is 24.0 Å². The second-order valence-corrected chi connectivity index (χ2v) is 7.63. The monoisotopic (exact) mass is 384 g/mol. The number of hydrogen-bond donors (Lipinski definition) is 1. The Hall–Kier alpha value is -1.65. The maximum absolute atomic E-state index is 13.0. The van der Waals surface area contributed by atoms with Crippen molar-refractivity contribution in [2.24, 2.45) is 0 Å². The zero-order valence-corrected chi connectivity index (χ0v) is 15.2. The van der Waals surface area contributed by atoms with Gasteiger partial charge in [0.25, 0.3) is 0 Å². The standard InChI is InChI=1S/C20H21BrN2O/c21-18-9-4-3-8-17(18)14-23-11-5-10-20(23)12-15-6-1-2-7-16(15)13-22-19(20)24/h1-4,6-9H,5,10-14H2,(H,22,24). The second kappa shape index (κ2) is 6.34. The van der Waals surface area contributed by atoms with Crippen LogP contribution in [0.15, 0.2) is 53.0 Å². The fourth-order valence-electron chi connectivity index (χ4n) is 4.09. The third-order valence-corrected chi connectivity index (χ3v) is 6.18. The van der Waals surface area contributed by atoms with Gasteiger partial charge in [-0.2, -0.15) is 0 Å². The van der Waals surface area contributed by atoms with Crippen LogP contribution in [0.4, 0.5) is 0 Å². The quantitative estimate of drug-likeness (QED) is 0.856. The van der Waals surface area contributed by atoms with Gasteiger partial charge in [0.05, 0.1) is 0 Å². The minimum Gasteiger partial charge on any atom is -0.350 e. The summed E-state index contributed by atoms with van der Waals surface area (Å²) in [6, 6.07) is 16.7. The largest absolute Gasteiger partial charge is 0.350 e. The van der Waals surface area contributed by atoms with E-state index in [-0.39, 0.29) is 5.91 Å². The molecule has 1 spiro atoms. The van der Waals surface area contributed by atoms with Crippen LogP contribution in [0.2, 0.25) is 0 Å². The fourth-order valence-corrected chi connectivity index (χ4v) is 4.50. The first kappa shape index (κ1) is 15.9. The Morgan fingerprint density at radius 2 is 1.83 bits per heavy atom. The number of rotatable bonds is 2. The molecule has 1 saturated heterocycles. The van der Waals surface area contributed by atoms with Gasteiger partial charge in [-0.25, -0.2) is 0 Å². The van der Waals surface area contributed by atoms with E-state index >= 15 is 0 Å². The van der Waals surface area contributed by atoms with E-state index in [0.29, 0.717) is 6.54 Å². The maximum Gasteiger partial charge on any atom is 0.241 e. The Labute approximate surface area is 151 Å². The van der Waals surface area contributed by atoms with Crippen LogP contribution in [0, 0.1) is 0 Å². The summed E-state index contributed by atoms with van der Waals surface area (Å²) in [7, 11) is 0. The number of hydrogen-bond acceptors (Lipinski definition) is 2. The van der Waals surface area contributed by atoms with E-state index in [4.69, 9.17) is 0 Å². The topological polar surface area (TPSA) is 32.3 Å². The highest BCUT2D eigenvalue weighted by Crippen LogP contribution is 2.37. The third kappa shape index (κ3) is 2.68. The number of carbonyl (C=O) groups excluding carboxylic acids is 1. The van der Waals surface area contributed by atoms with Crippen molar-refractivity contribution < 1.29 is 4.79 Å². The molecule has 1 N–H and O–H groups in total. The van der Waals surface area contributed by atoms with Crippen molar-refractivity contribution >= 4 is 21.8 Å². The predicted octanol–water partition coefficient (Wildman–Crippen LogP) is 3.66. The van der Waals surface area contributed by atoms with Crippen LogP contribution in [0.5, 0.6) is 0 Å². The highest BCUT2D eigenvalue weighted by Gasteiger charge is 2.48. The molecule has 24 heavy (non-hydrogen) atoms. The normalized spacial score (nSPS) is 23.8. The first-order chi connectivity index (χ1) is 11.7. The van der Waals surface area contributed by atoms with Gasteiger partial charge in [0.15, 0.2) is 0 Å². The van der Waals surface area contributed by atoms with Crippen LogP contribution in [-0.4, -0.2) is 22.9 Å². The van der Waals surface area contributed by atoms with E-state index in [1.54, 1.807) is 0 Å². The first-order valence-electron chi connectivity index (χ1n) is 8.53. The minimum atomic E-state index is -0.415. The highest BCUT2D eigenvalue weighted by molar-refractivity contribution is 9.10. The molecule has 124 valence electrons. The van der Waals surface area contributed by atoms with Crippen LogP contribution in [0.1, 0.15) is 29.5 Å². The van der Waals surface area contributed by atoms with E-state index in [0.717, 1.165) is 36.8 Å². The molecule has 2 heterocycles. The van der Waals surface area contributed by atoms with Gasteiger partial charge >= 0.3 is 0 Å². The molecule has 0 bridgehead atoms. The first-order valence-corrected chi connectivity index (χ1v) is 9.32. The number of carbonyl (C=O) groups is 1. The maximum atomic E-state index is 13.0. The lowest BCUT2D eigenvalue weighted by Gasteiger charge is -2.36. The number of fused-ring (bicyclic) bond motifs is 1. The van der Waals surface area contributed by atoms with Gasteiger partial charge in [0.2, 0.25) is 5.91 Å². The Morgan fingerprint density at radius 3 is 2.67 bits per heavy atom. The summed E-state index contributed by atoms with van der Waals surface area (Å²) in [5.41, 5.74) is 3.37. The summed E-state index contributed by atoms with van der Waals surface area (Å²) < 4.78 is 1.11. The molecule has 1 atom stereocenters. The number of amides is 1. The molecule has 0 saturated carbocycles. The number of likely N-dealkylation sites (tertiary alicyclic amines) is 1. The van der Waals surface area contributed by atoms with E-state index in [2.05, 4.69) is 68.6 Å². The Balaban J connectivity index is 1.69. The van der Waals surface area contributed by atoms with Crippen LogP contribution in [0.3, 0.4) is 0 Å². The molecule has 2 aliphatic rings. The molecule has 0 radical (unpaired) electrons. The lowest BCUT2D eigenvalue weighted by atomic mass is 9.86. The molecule has 1 amide bonds. The van der Waals surface area contributed by atoms with Crippen molar-refractivity contribution in [1.29, 1.82) is 0 Å². The van der Waals surface area contributed by atoms with Crippen LogP contribution in [-0.2, 0) is 24.3 Å². The van der Waals surface area contributed by atoms with Crippen molar-refractivity contribution in [3.63, 3.8) is 0 Å². The molecule has 4 heteroatoms. The SMILES string of the molecule is O=C1NCc2ccccc2CC12CCCN2Cc1ccccc1Br. The smallest absolute Gasteiger partial charge is 0.241 e. The highest BCUT2D eigenvalue weighted by atomic mass is 79.9. The van der Waals surface area contributed by atoms with Crippen LogP contribution >= 0.6 is 15.9 Å². The van der Waals surface area contributed by atoms with Gasteiger partial charge in [-0.3, -0.25) is 9.69 Å². The molecule has 0 aromatic heterocycles. The van der Waals surface area contributed by atoms with Crippen molar-refractivity contribution in [3.05, 3.63) is 69.7 Å². The van der Waals surface area contributed by atoms with Gasteiger partial charge < -0.3 is 5.32 Å². The molecule has 0 aliphatic carbocycles. The average Bonchev–Trinajstić information content (AvgIpc) is 2.92. The summed E-state index contributed by atoms with van der Waals surface area (Å²) in [5, 5.41) is 3.17. The average molecular weight is 385 g/mol. The van der Waals surface area contributed by atoms with E-state index < -0.39 is 5.54 Å². The molecular weight excluding hydrogens is 364 g/mol. The fraction of sp³-hybridized carbons (Fsp3) is 0.350. The van der Waals surface area contributed by atoms with E-state index in [1.807, 2.05) is 6.07 Å². The molecule has 4 rings (SSSR count). The number of nitrogens with zero attached hydrogens (tertiary/aromatic N) is 1. The summed E-state index contributed by atoms with van der Waals surface area (Å²) >= 11 is 3.65. The van der Waals surface area contributed by atoms with Crippen molar-refractivity contribution in [3.8, 4) is 0 Å². The van der Waals surface area contributed by atoms with Crippen LogP contribution in [0.25, 0.3) is 0 Å². The number of benzene rings is 2. The lowest BCUT2D eigenvalue weighted by Crippen LogP contribution is -2.55. The number of nitrogens with one attached hydrogen (secondary N) is 1. The molecule has 1 fully saturated rings. The van der Waals surface area contributed by atoms with Gasteiger partial charge in [0.1, 0.15) is 5.54 Å². The molecule has 1 unspecified atom stereocenters. The Bertz CT molecular complexity index is 776. The van der Waals surface area contributed by atoms with Gasteiger partial charge in [-0.1, -0.05) is 58.4 Å². The third-order valence-electron chi connectivity index (χ3n) is 5.41. The number of halogens is 1. The molecular formula is C20H21BrN2O. The van der Waals surface area contributed by atoms with E-state index in [1.165, 1.54) is 16.7 Å². The minimum absolute atomic E-state index is 0.184. The predicted molar refractivity (Wildman–Crippen MR) is 98.5 cm³/mol. The second-order valence-electron chi connectivity index (χ2n) is 6.78. The zero-order chi connectivity index (χ0) is 16.6. The summed E-state index contributed by atoms with van der Waals surface area (Å²) in [6.45, 7) is 2.41. The molecule has 2 aromatic carbocycles.